The van der Waals surface area contributed by atoms with Crippen LogP contribution in [0, 0.1) is 18.6 Å². The normalized spacial score (nSPS) is 12.2. The van der Waals surface area contributed by atoms with E-state index in [1.807, 2.05) is 25.1 Å². The minimum absolute atomic E-state index is 0.0790. The fraction of sp³-hybridized carbons (Fsp3) is 0.250. The summed E-state index contributed by atoms with van der Waals surface area (Å²) in [4.78, 5) is -0.0790. The van der Waals surface area contributed by atoms with Crippen LogP contribution in [0.15, 0.2) is 36.4 Å². The van der Waals surface area contributed by atoms with E-state index in [0.717, 1.165) is 22.9 Å². The maximum absolute atomic E-state index is 13.7. The molecule has 1 nitrogen and oxygen atoms in total. The molecule has 0 N–H and O–H groups in total. The molecule has 4 heteroatoms. The Hall–Kier alpha value is -1.42. The number of methoxy groups -OCH3 is 1. The highest BCUT2D eigenvalue weighted by atomic mass is 79.9. The van der Waals surface area contributed by atoms with Gasteiger partial charge in [0.2, 0.25) is 0 Å². The molecular weight excluding hydrogens is 326 g/mol. The molecule has 2 aromatic carbocycles. The van der Waals surface area contributed by atoms with Gasteiger partial charge in [-0.15, -0.1) is 0 Å². The lowest BCUT2D eigenvalue weighted by Crippen LogP contribution is -2.02. The molecule has 0 aliphatic rings. The average molecular weight is 341 g/mol. The fourth-order valence-electron chi connectivity index (χ4n) is 2.14. The van der Waals surface area contributed by atoms with Crippen LogP contribution in [0.2, 0.25) is 0 Å². The Bertz CT molecular complexity index is 613. The molecule has 0 spiro atoms. The second kappa shape index (κ2) is 6.35. The van der Waals surface area contributed by atoms with E-state index in [1.165, 1.54) is 6.07 Å². The predicted octanol–water partition coefficient (Wildman–Crippen LogP) is 4.96. The van der Waals surface area contributed by atoms with Gasteiger partial charge in [0.05, 0.1) is 7.11 Å². The fourth-order valence-corrected chi connectivity index (χ4v) is 3.00. The maximum Gasteiger partial charge on any atom is 0.162 e. The van der Waals surface area contributed by atoms with Gasteiger partial charge in [-0.2, -0.15) is 0 Å². The molecule has 106 valence electrons. The van der Waals surface area contributed by atoms with Crippen molar-refractivity contribution in [3.63, 3.8) is 0 Å². The van der Waals surface area contributed by atoms with Gasteiger partial charge in [0.1, 0.15) is 5.75 Å². The molecule has 20 heavy (non-hydrogen) atoms. The SMILES string of the molecule is COc1ccc(C(Br)Cc2cccc(F)c2F)c(C)c1. The maximum atomic E-state index is 13.7. The van der Waals surface area contributed by atoms with Gasteiger partial charge in [-0.05, 0) is 48.2 Å². The molecule has 0 bridgehead atoms. The highest BCUT2D eigenvalue weighted by Crippen LogP contribution is 2.32. The second-order valence-corrected chi connectivity index (χ2v) is 5.71. The number of rotatable bonds is 4. The van der Waals surface area contributed by atoms with Crippen molar-refractivity contribution in [3.8, 4) is 5.75 Å². The first kappa shape index (κ1) is 15.0. The van der Waals surface area contributed by atoms with Crippen molar-refractivity contribution >= 4 is 15.9 Å². The summed E-state index contributed by atoms with van der Waals surface area (Å²) in [6.07, 6.45) is 0.386. The Labute approximate surface area is 125 Å². The van der Waals surface area contributed by atoms with Crippen LogP contribution in [0.1, 0.15) is 21.5 Å². The highest BCUT2D eigenvalue weighted by molar-refractivity contribution is 9.09. The Morgan fingerprint density at radius 2 is 1.95 bits per heavy atom. The van der Waals surface area contributed by atoms with Crippen LogP contribution in [-0.4, -0.2) is 7.11 Å². The smallest absolute Gasteiger partial charge is 0.162 e. The third kappa shape index (κ3) is 3.18. The summed E-state index contributed by atoms with van der Waals surface area (Å²) in [5, 5.41) is 0. The number of aryl methyl sites for hydroxylation is 1. The largest absolute Gasteiger partial charge is 0.497 e. The molecule has 0 heterocycles. The zero-order valence-corrected chi connectivity index (χ0v) is 12.9. The van der Waals surface area contributed by atoms with Crippen LogP contribution < -0.4 is 4.74 Å². The predicted molar refractivity (Wildman–Crippen MR) is 79.5 cm³/mol. The van der Waals surface area contributed by atoms with Gasteiger partial charge in [0, 0.05) is 4.83 Å². The Balaban J connectivity index is 2.24. The van der Waals surface area contributed by atoms with Crippen molar-refractivity contribution in [2.24, 2.45) is 0 Å². The Morgan fingerprint density at radius 1 is 1.20 bits per heavy atom. The molecule has 0 saturated heterocycles. The van der Waals surface area contributed by atoms with Gasteiger partial charge >= 0.3 is 0 Å². The third-order valence-electron chi connectivity index (χ3n) is 3.25. The average Bonchev–Trinajstić information content (AvgIpc) is 2.43. The van der Waals surface area contributed by atoms with E-state index < -0.39 is 11.6 Å². The molecule has 2 aromatic rings. The molecule has 0 fully saturated rings. The van der Waals surface area contributed by atoms with Crippen molar-refractivity contribution in [1.29, 1.82) is 0 Å². The summed E-state index contributed by atoms with van der Waals surface area (Å²) in [7, 11) is 1.61. The van der Waals surface area contributed by atoms with Crippen molar-refractivity contribution in [2.75, 3.05) is 7.11 Å². The molecule has 0 radical (unpaired) electrons. The summed E-state index contributed by atoms with van der Waals surface area (Å²) in [6.45, 7) is 1.97. The number of ether oxygens (including phenoxy) is 1. The minimum Gasteiger partial charge on any atom is -0.497 e. The number of benzene rings is 2. The standard InChI is InChI=1S/C16H15BrF2O/c1-10-8-12(20-2)6-7-13(10)14(17)9-11-4-3-5-15(18)16(11)19/h3-8,14H,9H2,1-2H3. The quantitative estimate of drug-likeness (QED) is 0.714. The van der Waals surface area contributed by atoms with Crippen LogP contribution >= 0.6 is 15.9 Å². The van der Waals surface area contributed by atoms with E-state index in [-0.39, 0.29) is 4.83 Å². The molecule has 1 unspecified atom stereocenters. The van der Waals surface area contributed by atoms with Gasteiger partial charge in [0.15, 0.2) is 11.6 Å². The molecular formula is C16H15BrF2O. The van der Waals surface area contributed by atoms with Crippen LogP contribution in [-0.2, 0) is 6.42 Å². The van der Waals surface area contributed by atoms with Crippen LogP contribution in [0.4, 0.5) is 8.78 Å². The molecule has 0 amide bonds. The van der Waals surface area contributed by atoms with Crippen LogP contribution in [0.5, 0.6) is 5.75 Å². The molecule has 0 saturated carbocycles. The highest BCUT2D eigenvalue weighted by Gasteiger charge is 2.15. The van der Waals surface area contributed by atoms with E-state index in [2.05, 4.69) is 15.9 Å². The number of hydrogen-bond acceptors (Lipinski definition) is 1. The van der Waals surface area contributed by atoms with Gasteiger partial charge in [-0.3, -0.25) is 0 Å². The summed E-state index contributed by atoms with van der Waals surface area (Å²) in [5.41, 5.74) is 2.44. The van der Waals surface area contributed by atoms with E-state index >= 15 is 0 Å². The van der Waals surface area contributed by atoms with E-state index in [9.17, 15) is 8.78 Å². The van der Waals surface area contributed by atoms with E-state index in [0.29, 0.717) is 12.0 Å². The van der Waals surface area contributed by atoms with Gasteiger partial charge in [0.25, 0.3) is 0 Å². The van der Waals surface area contributed by atoms with Gasteiger partial charge in [-0.1, -0.05) is 34.1 Å². The summed E-state index contributed by atoms with van der Waals surface area (Å²) in [5.74, 6) is -0.806. The zero-order chi connectivity index (χ0) is 14.7. The van der Waals surface area contributed by atoms with E-state index in [1.54, 1.807) is 13.2 Å². The zero-order valence-electron chi connectivity index (χ0n) is 11.3. The molecule has 2 rings (SSSR count). The summed E-state index contributed by atoms with van der Waals surface area (Å²) < 4.78 is 32.0. The second-order valence-electron chi connectivity index (χ2n) is 4.61. The first-order valence-corrected chi connectivity index (χ1v) is 7.16. The summed E-state index contributed by atoms with van der Waals surface area (Å²) >= 11 is 3.55. The van der Waals surface area contributed by atoms with Gasteiger partial charge in [-0.25, -0.2) is 8.78 Å². The Kier molecular flexibility index (Phi) is 4.76. The lowest BCUT2D eigenvalue weighted by atomic mass is 10.00. The number of halogens is 3. The Morgan fingerprint density at radius 3 is 2.60 bits per heavy atom. The van der Waals surface area contributed by atoms with Crippen molar-refractivity contribution in [2.45, 2.75) is 18.2 Å². The first-order valence-electron chi connectivity index (χ1n) is 6.24. The van der Waals surface area contributed by atoms with Crippen molar-refractivity contribution in [1.82, 2.24) is 0 Å². The van der Waals surface area contributed by atoms with E-state index in [4.69, 9.17) is 4.74 Å². The lowest BCUT2D eigenvalue weighted by Gasteiger charge is -2.15. The van der Waals surface area contributed by atoms with Crippen molar-refractivity contribution in [3.05, 3.63) is 64.7 Å². The van der Waals surface area contributed by atoms with Crippen LogP contribution in [0.3, 0.4) is 0 Å². The lowest BCUT2D eigenvalue weighted by molar-refractivity contribution is 0.414. The monoisotopic (exact) mass is 340 g/mol. The summed E-state index contributed by atoms with van der Waals surface area (Å²) in [6, 6.07) is 9.97. The molecule has 0 aliphatic heterocycles. The molecule has 0 aromatic heterocycles. The topological polar surface area (TPSA) is 9.23 Å². The first-order chi connectivity index (χ1) is 9.52. The minimum atomic E-state index is -0.811. The third-order valence-corrected chi connectivity index (χ3v) is 4.06. The van der Waals surface area contributed by atoms with Gasteiger partial charge < -0.3 is 4.74 Å². The molecule has 0 aliphatic carbocycles. The van der Waals surface area contributed by atoms with Crippen molar-refractivity contribution < 1.29 is 13.5 Å². The number of alkyl halides is 1. The molecule has 1 atom stereocenters. The van der Waals surface area contributed by atoms with Crippen LogP contribution in [0.25, 0.3) is 0 Å². The number of hydrogen-bond donors (Lipinski definition) is 0.